The van der Waals surface area contributed by atoms with Crippen LogP contribution in [0.1, 0.15) is 36.3 Å². The summed E-state index contributed by atoms with van der Waals surface area (Å²) in [6.07, 6.45) is 4.97. The summed E-state index contributed by atoms with van der Waals surface area (Å²) in [5.74, 6) is 0.990. The molecule has 0 N–H and O–H groups in total. The Bertz CT molecular complexity index is 691. The molecule has 2 aromatic carbocycles. The van der Waals surface area contributed by atoms with Crippen molar-refractivity contribution in [3.8, 4) is 5.75 Å². The molecule has 0 aliphatic heterocycles. The molecular weight excluding hydrogens is 299 g/mol. The van der Waals surface area contributed by atoms with Crippen LogP contribution in [0.4, 0.5) is 4.39 Å². The molecule has 1 atom stereocenters. The zero-order valence-electron chi connectivity index (χ0n) is 12.5. The second-order valence-electron chi connectivity index (χ2n) is 5.60. The monoisotopic (exact) mass is 316 g/mol. The van der Waals surface area contributed by atoms with Crippen LogP contribution in [0.15, 0.2) is 48.5 Å². The number of methoxy groups -OCH3 is 1. The first-order valence-electron chi connectivity index (χ1n) is 7.46. The fraction of sp³-hybridized carbons (Fsp3) is 0.263. The first-order valence-corrected chi connectivity index (χ1v) is 7.83. The van der Waals surface area contributed by atoms with Crippen molar-refractivity contribution in [1.82, 2.24) is 0 Å². The van der Waals surface area contributed by atoms with E-state index in [0.717, 1.165) is 29.9 Å². The lowest BCUT2D eigenvalue weighted by Gasteiger charge is -2.23. The molecule has 0 spiro atoms. The molecule has 1 nitrogen and oxygen atoms in total. The van der Waals surface area contributed by atoms with Gasteiger partial charge in [-0.1, -0.05) is 29.8 Å². The molecule has 0 radical (unpaired) electrons. The fourth-order valence-corrected chi connectivity index (χ4v) is 3.12. The van der Waals surface area contributed by atoms with Crippen LogP contribution >= 0.6 is 11.6 Å². The van der Waals surface area contributed by atoms with Crippen LogP contribution in [0.25, 0.3) is 5.57 Å². The Morgan fingerprint density at radius 2 is 1.91 bits per heavy atom. The van der Waals surface area contributed by atoms with Crippen molar-refractivity contribution >= 4 is 17.2 Å². The SMILES string of the molecule is COc1ccc(F)c(C2=CCC(c3ccc(Cl)cc3)CC2)c1. The van der Waals surface area contributed by atoms with E-state index in [2.05, 4.69) is 18.2 Å². The van der Waals surface area contributed by atoms with Crippen molar-refractivity contribution in [1.29, 1.82) is 0 Å². The predicted octanol–water partition coefficient (Wildman–Crippen LogP) is 5.84. The number of hydrogen-bond donors (Lipinski definition) is 0. The quantitative estimate of drug-likeness (QED) is 0.691. The Kier molecular flexibility index (Phi) is 4.49. The van der Waals surface area contributed by atoms with Gasteiger partial charge in [-0.15, -0.1) is 0 Å². The first kappa shape index (κ1) is 15.1. The normalized spacial score (nSPS) is 18.0. The third-order valence-electron chi connectivity index (χ3n) is 4.27. The molecule has 1 aliphatic carbocycles. The fourth-order valence-electron chi connectivity index (χ4n) is 2.99. The molecule has 2 aromatic rings. The number of allylic oxidation sites excluding steroid dienone is 2. The summed E-state index contributed by atoms with van der Waals surface area (Å²) in [6, 6.07) is 12.9. The van der Waals surface area contributed by atoms with Gasteiger partial charge in [-0.3, -0.25) is 0 Å². The van der Waals surface area contributed by atoms with Crippen LogP contribution in [0.2, 0.25) is 5.02 Å². The number of rotatable bonds is 3. The van der Waals surface area contributed by atoms with E-state index in [1.165, 1.54) is 11.6 Å². The van der Waals surface area contributed by atoms with Crippen LogP contribution < -0.4 is 4.74 Å². The molecule has 0 saturated heterocycles. The largest absolute Gasteiger partial charge is 0.497 e. The number of hydrogen-bond acceptors (Lipinski definition) is 1. The van der Waals surface area contributed by atoms with E-state index in [1.54, 1.807) is 19.2 Å². The van der Waals surface area contributed by atoms with Crippen molar-refractivity contribution in [3.05, 3.63) is 70.5 Å². The molecule has 3 heteroatoms. The Balaban J connectivity index is 1.80. The smallest absolute Gasteiger partial charge is 0.130 e. The van der Waals surface area contributed by atoms with Gasteiger partial charge >= 0.3 is 0 Å². The van der Waals surface area contributed by atoms with Gasteiger partial charge in [-0.2, -0.15) is 0 Å². The van der Waals surface area contributed by atoms with E-state index in [-0.39, 0.29) is 5.82 Å². The standard InChI is InChI=1S/C19H18ClFO/c1-22-17-10-11-19(21)18(12-17)15-4-2-13(3-5-15)14-6-8-16(20)9-7-14/h4,6-13H,2-3,5H2,1H3. The van der Waals surface area contributed by atoms with E-state index >= 15 is 0 Å². The summed E-state index contributed by atoms with van der Waals surface area (Å²) in [7, 11) is 1.60. The predicted molar refractivity (Wildman–Crippen MR) is 89.0 cm³/mol. The number of halogens is 2. The molecule has 3 rings (SSSR count). The average Bonchev–Trinajstić information content (AvgIpc) is 2.56. The first-order chi connectivity index (χ1) is 10.7. The molecule has 22 heavy (non-hydrogen) atoms. The summed E-state index contributed by atoms with van der Waals surface area (Å²) in [5, 5.41) is 0.759. The van der Waals surface area contributed by atoms with Gasteiger partial charge in [0.25, 0.3) is 0 Å². The Labute approximate surface area is 135 Å². The zero-order chi connectivity index (χ0) is 15.5. The van der Waals surface area contributed by atoms with Crippen LogP contribution in [-0.4, -0.2) is 7.11 Å². The molecule has 1 unspecified atom stereocenters. The summed E-state index contributed by atoms with van der Waals surface area (Å²) in [6.45, 7) is 0. The minimum atomic E-state index is -0.183. The van der Waals surface area contributed by atoms with Crippen LogP contribution in [-0.2, 0) is 0 Å². The average molecular weight is 317 g/mol. The van der Waals surface area contributed by atoms with E-state index in [1.807, 2.05) is 12.1 Å². The van der Waals surface area contributed by atoms with Gasteiger partial charge in [0.05, 0.1) is 7.11 Å². The topological polar surface area (TPSA) is 9.23 Å². The molecule has 114 valence electrons. The second kappa shape index (κ2) is 6.53. The summed E-state index contributed by atoms with van der Waals surface area (Å²) in [4.78, 5) is 0. The molecule has 1 aliphatic rings. The van der Waals surface area contributed by atoms with Gasteiger partial charge in [0.1, 0.15) is 11.6 Å². The molecule has 0 heterocycles. The maximum Gasteiger partial charge on any atom is 0.130 e. The molecule has 0 fully saturated rings. The Morgan fingerprint density at radius 3 is 2.55 bits per heavy atom. The lowest BCUT2D eigenvalue weighted by Crippen LogP contribution is -2.05. The van der Waals surface area contributed by atoms with Crippen LogP contribution in [0, 0.1) is 5.82 Å². The van der Waals surface area contributed by atoms with Crippen molar-refractivity contribution in [2.75, 3.05) is 7.11 Å². The maximum atomic E-state index is 14.0. The van der Waals surface area contributed by atoms with Crippen molar-refractivity contribution in [2.45, 2.75) is 25.2 Å². The maximum absolute atomic E-state index is 14.0. The van der Waals surface area contributed by atoms with Gasteiger partial charge < -0.3 is 4.74 Å². The molecular formula is C19H18ClFO. The minimum Gasteiger partial charge on any atom is -0.497 e. The van der Waals surface area contributed by atoms with Gasteiger partial charge in [0, 0.05) is 10.6 Å². The third-order valence-corrected chi connectivity index (χ3v) is 4.52. The van der Waals surface area contributed by atoms with Gasteiger partial charge in [0.2, 0.25) is 0 Å². The zero-order valence-corrected chi connectivity index (χ0v) is 13.2. The van der Waals surface area contributed by atoms with Gasteiger partial charge in [-0.25, -0.2) is 4.39 Å². The summed E-state index contributed by atoms with van der Waals surface area (Å²) in [5.41, 5.74) is 3.03. The highest BCUT2D eigenvalue weighted by molar-refractivity contribution is 6.30. The van der Waals surface area contributed by atoms with Crippen LogP contribution in [0.5, 0.6) is 5.75 Å². The lowest BCUT2D eigenvalue weighted by molar-refractivity contribution is 0.413. The molecule has 0 saturated carbocycles. The van der Waals surface area contributed by atoms with Crippen molar-refractivity contribution in [3.63, 3.8) is 0 Å². The van der Waals surface area contributed by atoms with Crippen molar-refractivity contribution in [2.24, 2.45) is 0 Å². The molecule has 0 aromatic heterocycles. The van der Waals surface area contributed by atoms with Crippen molar-refractivity contribution < 1.29 is 9.13 Å². The molecule has 0 amide bonds. The lowest BCUT2D eigenvalue weighted by atomic mass is 9.82. The minimum absolute atomic E-state index is 0.183. The van der Waals surface area contributed by atoms with E-state index in [4.69, 9.17) is 16.3 Å². The highest BCUT2D eigenvalue weighted by Crippen LogP contribution is 2.37. The van der Waals surface area contributed by atoms with Gasteiger partial charge in [0.15, 0.2) is 0 Å². The molecule has 0 bridgehead atoms. The van der Waals surface area contributed by atoms with E-state index < -0.39 is 0 Å². The summed E-state index contributed by atoms with van der Waals surface area (Å²) < 4.78 is 19.2. The highest BCUT2D eigenvalue weighted by Gasteiger charge is 2.19. The third kappa shape index (κ3) is 3.17. The second-order valence-corrected chi connectivity index (χ2v) is 6.03. The highest BCUT2D eigenvalue weighted by atomic mass is 35.5. The Morgan fingerprint density at radius 1 is 1.14 bits per heavy atom. The Hall–Kier alpha value is -1.80. The van der Waals surface area contributed by atoms with Gasteiger partial charge in [-0.05, 0) is 66.6 Å². The number of benzene rings is 2. The summed E-state index contributed by atoms with van der Waals surface area (Å²) >= 11 is 5.93. The van der Waals surface area contributed by atoms with Crippen LogP contribution in [0.3, 0.4) is 0 Å². The number of ether oxygens (including phenoxy) is 1. The van der Waals surface area contributed by atoms with E-state index in [9.17, 15) is 4.39 Å². The van der Waals surface area contributed by atoms with E-state index in [0.29, 0.717) is 17.2 Å².